The zero-order valence-electron chi connectivity index (χ0n) is 15.0. The van der Waals surface area contributed by atoms with Crippen molar-refractivity contribution in [2.24, 2.45) is 11.8 Å². The second-order valence-electron chi connectivity index (χ2n) is 7.59. The number of carbonyl (C=O) groups is 2. The number of hydrogen-bond donors (Lipinski definition) is 0. The van der Waals surface area contributed by atoms with Crippen LogP contribution in [0.25, 0.3) is 0 Å². The highest BCUT2D eigenvalue weighted by Gasteiger charge is 2.53. The molecule has 1 fully saturated rings. The number of amides is 1. The van der Waals surface area contributed by atoms with Crippen molar-refractivity contribution < 1.29 is 14.3 Å². The number of thiazole rings is 1. The van der Waals surface area contributed by atoms with E-state index in [-0.39, 0.29) is 29.5 Å². The summed E-state index contributed by atoms with van der Waals surface area (Å²) < 4.78 is 6.17. The molecule has 3 heterocycles. The molecule has 1 aromatic heterocycles. The van der Waals surface area contributed by atoms with Gasteiger partial charge in [-0.2, -0.15) is 0 Å². The molecule has 5 nitrogen and oxygen atoms in total. The zero-order chi connectivity index (χ0) is 18.5. The second kappa shape index (κ2) is 6.30. The Kier molecular flexibility index (Phi) is 3.90. The number of benzene rings is 1. The van der Waals surface area contributed by atoms with Crippen molar-refractivity contribution >= 4 is 28.2 Å². The van der Waals surface area contributed by atoms with Gasteiger partial charge in [-0.25, -0.2) is 4.98 Å². The predicted octanol–water partition coefficient (Wildman–Crippen LogP) is 3.89. The van der Waals surface area contributed by atoms with Gasteiger partial charge in [0, 0.05) is 11.6 Å². The Balaban J connectivity index is 1.64. The molecule has 0 saturated heterocycles. The third-order valence-corrected chi connectivity index (χ3v) is 6.62. The number of fused-ring (bicyclic) bond motifs is 1. The maximum absolute atomic E-state index is 13.5. The summed E-state index contributed by atoms with van der Waals surface area (Å²) in [5.41, 5.74) is 1.42. The molecule has 4 unspecified atom stereocenters. The minimum absolute atomic E-state index is 0.0778. The molecule has 5 rings (SSSR count). The number of anilines is 1. The summed E-state index contributed by atoms with van der Waals surface area (Å²) in [6.45, 7) is 2.18. The molecule has 0 radical (unpaired) electrons. The molecule has 27 heavy (non-hydrogen) atoms. The summed E-state index contributed by atoms with van der Waals surface area (Å²) in [7, 11) is 0. The van der Waals surface area contributed by atoms with E-state index in [1.165, 1.54) is 11.3 Å². The number of aromatic nitrogens is 1. The Labute approximate surface area is 161 Å². The third-order valence-electron chi connectivity index (χ3n) is 5.85. The van der Waals surface area contributed by atoms with Crippen LogP contribution in [0.3, 0.4) is 0 Å². The minimum atomic E-state index is -0.467. The lowest BCUT2D eigenvalue weighted by atomic mass is 9.74. The summed E-state index contributed by atoms with van der Waals surface area (Å²) in [6.07, 6.45) is 4.19. The molecule has 138 valence electrons. The molecule has 0 N–H and O–H groups in total. The molecular formula is C21H20N2O3S. The van der Waals surface area contributed by atoms with Crippen LogP contribution in [0.15, 0.2) is 53.2 Å². The molecular weight excluding hydrogens is 360 g/mol. The number of hydrogen-bond acceptors (Lipinski definition) is 5. The van der Waals surface area contributed by atoms with Crippen LogP contribution < -0.4 is 4.90 Å². The highest BCUT2D eigenvalue weighted by atomic mass is 32.1. The number of Topliss-reactive ketones (excluding diaryl/α,β-unsaturated/α-hetero) is 1. The average molecular weight is 380 g/mol. The van der Waals surface area contributed by atoms with Gasteiger partial charge >= 0.3 is 0 Å². The molecule has 2 aromatic rings. The van der Waals surface area contributed by atoms with Crippen LogP contribution in [0.5, 0.6) is 0 Å². The van der Waals surface area contributed by atoms with E-state index in [2.05, 4.69) is 11.9 Å². The van der Waals surface area contributed by atoms with Crippen LogP contribution in [-0.4, -0.2) is 22.8 Å². The van der Waals surface area contributed by atoms with Gasteiger partial charge in [-0.1, -0.05) is 37.3 Å². The Morgan fingerprint density at radius 1 is 1.19 bits per heavy atom. The van der Waals surface area contributed by atoms with Crippen LogP contribution in [0, 0.1) is 11.8 Å². The number of nitrogens with zero attached hydrogens (tertiary/aromatic N) is 2. The van der Waals surface area contributed by atoms with Crippen molar-refractivity contribution in [3.05, 3.63) is 58.8 Å². The second-order valence-corrected chi connectivity index (χ2v) is 8.46. The molecule has 6 heteroatoms. The van der Waals surface area contributed by atoms with E-state index in [9.17, 15) is 9.59 Å². The average Bonchev–Trinajstić information content (AvgIpc) is 3.30. The maximum atomic E-state index is 13.5. The van der Waals surface area contributed by atoms with E-state index in [4.69, 9.17) is 4.74 Å². The smallest absolute Gasteiger partial charge is 0.296 e. The number of ketones is 1. The van der Waals surface area contributed by atoms with E-state index in [0.717, 1.165) is 24.8 Å². The molecule has 1 aromatic carbocycles. The number of carbonyl (C=O) groups excluding carboxylic acids is 2. The summed E-state index contributed by atoms with van der Waals surface area (Å²) in [5.74, 6) is 0.416. The van der Waals surface area contributed by atoms with E-state index in [1.807, 2.05) is 35.7 Å². The molecule has 1 aliphatic carbocycles. The number of rotatable bonds is 2. The SMILES string of the molecule is CC1CCC2OC3=C(C(=O)C2C1)C(c1ccccc1)N(c1nccs1)C3=O. The first-order chi connectivity index (χ1) is 13.1. The largest absolute Gasteiger partial charge is 0.483 e. The lowest BCUT2D eigenvalue weighted by Gasteiger charge is -2.37. The molecule has 3 aliphatic rings. The van der Waals surface area contributed by atoms with Crippen molar-refractivity contribution in [2.75, 3.05) is 4.90 Å². The summed E-state index contributed by atoms with van der Waals surface area (Å²) in [4.78, 5) is 32.7. The minimum Gasteiger partial charge on any atom is -0.483 e. The van der Waals surface area contributed by atoms with Gasteiger partial charge in [0.25, 0.3) is 5.91 Å². The van der Waals surface area contributed by atoms with Gasteiger partial charge in [0.1, 0.15) is 6.10 Å². The number of ether oxygens (including phenoxy) is 1. The molecule has 1 saturated carbocycles. The Morgan fingerprint density at radius 2 is 2.00 bits per heavy atom. The zero-order valence-corrected chi connectivity index (χ0v) is 15.8. The van der Waals surface area contributed by atoms with Crippen molar-refractivity contribution in [2.45, 2.75) is 38.3 Å². The van der Waals surface area contributed by atoms with Gasteiger partial charge in [-0.05, 0) is 30.7 Å². The lowest BCUT2D eigenvalue weighted by Crippen LogP contribution is -2.41. The first kappa shape index (κ1) is 16.7. The van der Waals surface area contributed by atoms with Crippen molar-refractivity contribution in [3.63, 3.8) is 0 Å². The van der Waals surface area contributed by atoms with Gasteiger partial charge in [0.2, 0.25) is 0 Å². The Hall–Kier alpha value is -2.47. The fraction of sp³-hybridized carbons (Fsp3) is 0.381. The first-order valence-corrected chi connectivity index (χ1v) is 10.3. The Bertz CT molecular complexity index is 922. The Morgan fingerprint density at radius 3 is 2.74 bits per heavy atom. The van der Waals surface area contributed by atoms with E-state index in [0.29, 0.717) is 16.6 Å². The standard InChI is InChI=1S/C21H20N2O3S/c1-12-7-8-15-14(11-12)18(24)16-17(13-5-3-2-4-6-13)23(20(25)19(16)26-15)21-22-9-10-27-21/h2-6,9-10,12,14-15,17H,7-8,11H2,1H3. The van der Waals surface area contributed by atoms with Gasteiger partial charge in [0.15, 0.2) is 16.7 Å². The van der Waals surface area contributed by atoms with Crippen molar-refractivity contribution in [3.8, 4) is 0 Å². The van der Waals surface area contributed by atoms with Crippen LogP contribution in [0.1, 0.15) is 37.8 Å². The van der Waals surface area contributed by atoms with Crippen molar-refractivity contribution in [1.29, 1.82) is 0 Å². The van der Waals surface area contributed by atoms with Gasteiger partial charge in [0.05, 0.1) is 17.5 Å². The predicted molar refractivity (Wildman–Crippen MR) is 102 cm³/mol. The summed E-state index contributed by atoms with van der Waals surface area (Å²) in [6, 6.07) is 9.23. The van der Waals surface area contributed by atoms with Gasteiger partial charge in [-0.15, -0.1) is 11.3 Å². The normalized spacial score (nSPS) is 30.2. The van der Waals surface area contributed by atoms with Crippen LogP contribution in [0.4, 0.5) is 5.13 Å². The fourth-order valence-corrected chi connectivity index (χ4v) is 5.23. The maximum Gasteiger partial charge on any atom is 0.296 e. The van der Waals surface area contributed by atoms with E-state index in [1.54, 1.807) is 11.1 Å². The molecule has 2 aliphatic heterocycles. The molecule has 0 spiro atoms. The van der Waals surface area contributed by atoms with Crippen LogP contribution in [-0.2, 0) is 14.3 Å². The van der Waals surface area contributed by atoms with Gasteiger partial charge in [-0.3, -0.25) is 14.5 Å². The molecule has 4 atom stereocenters. The van der Waals surface area contributed by atoms with Crippen LogP contribution >= 0.6 is 11.3 Å². The quantitative estimate of drug-likeness (QED) is 0.793. The van der Waals surface area contributed by atoms with Gasteiger partial charge < -0.3 is 4.74 Å². The summed E-state index contributed by atoms with van der Waals surface area (Å²) in [5, 5.41) is 2.43. The third kappa shape index (κ3) is 2.54. The highest BCUT2D eigenvalue weighted by Crippen LogP contribution is 2.49. The fourth-order valence-electron chi connectivity index (χ4n) is 4.56. The van der Waals surface area contributed by atoms with E-state index >= 15 is 0 Å². The van der Waals surface area contributed by atoms with Crippen molar-refractivity contribution in [1.82, 2.24) is 4.98 Å². The monoisotopic (exact) mass is 380 g/mol. The first-order valence-electron chi connectivity index (χ1n) is 9.38. The molecule has 1 amide bonds. The van der Waals surface area contributed by atoms with Crippen LogP contribution in [0.2, 0.25) is 0 Å². The van der Waals surface area contributed by atoms with E-state index < -0.39 is 6.04 Å². The topological polar surface area (TPSA) is 59.5 Å². The molecule has 0 bridgehead atoms. The summed E-state index contributed by atoms with van der Waals surface area (Å²) >= 11 is 1.40. The highest BCUT2D eigenvalue weighted by molar-refractivity contribution is 7.13. The lowest BCUT2D eigenvalue weighted by molar-refractivity contribution is -0.132.